The third-order valence-corrected chi connectivity index (χ3v) is 8.46. The first-order valence-electron chi connectivity index (χ1n) is 11.8. The molecule has 3 heterocycles. The number of fused-ring (bicyclic) bond motifs is 1. The van der Waals surface area contributed by atoms with Crippen molar-refractivity contribution in [3.8, 4) is 0 Å². The second-order valence-corrected chi connectivity index (χ2v) is 11.0. The first kappa shape index (κ1) is 24.0. The highest BCUT2D eigenvalue weighted by atomic mass is 32.2. The van der Waals surface area contributed by atoms with Crippen LogP contribution < -0.4 is 5.32 Å². The maximum absolute atomic E-state index is 13.3. The van der Waals surface area contributed by atoms with Crippen molar-refractivity contribution >= 4 is 32.4 Å². The Morgan fingerprint density at radius 3 is 2.47 bits per heavy atom. The van der Waals surface area contributed by atoms with Gasteiger partial charge >= 0.3 is 5.69 Å². The number of pyridine rings is 1. The minimum atomic E-state index is -3.91. The zero-order valence-electron chi connectivity index (χ0n) is 19.8. The van der Waals surface area contributed by atoms with E-state index >= 15 is 0 Å². The van der Waals surface area contributed by atoms with Crippen LogP contribution in [0.4, 0.5) is 11.4 Å². The molecule has 2 aromatic heterocycles. The summed E-state index contributed by atoms with van der Waals surface area (Å²) in [6, 6.07) is 19.8. The highest BCUT2D eigenvalue weighted by Crippen LogP contribution is 2.35. The van der Waals surface area contributed by atoms with Gasteiger partial charge in [-0.15, -0.1) is 0 Å². The van der Waals surface area contributed by atoms with Crippen LogP contribution in [0.2, 0.25) is 0 Å². The molecule has 4 aromatic rings. The molecule has 0 aliphatic carbocycles. The Labute approximate surface area is 209 Å². The molecule has 1 aliphatic heterocycles. The summed E-state index contributed by atoms with van der Waals surface area (Å²) in [5, 5.41) is 15.7. The van der Waals surface area contributed by atoms with Crippen molar-refractivity contribution in [1.82, 2.24) is 13.9 Å². The molecule has 186 valence electrons. The summed E-state index contributed by atoms with van der Waals surface area (Å²) in [6.45, 7) is 4.58. The number of likely N-dealkylation sites (tertiary alicyclic amines) is 1. The van der Waals surface area contributed by atoms with E-state index in [0.29, 0.717) is 17.6 Å². The molecule has 1 saturated heterocycles. The summed E-state index contributed by atoms with van der Waals surface area (Å²) in [7, 11) is -3.91. The van der Waals surface area contributed by atoms with Gasteiger partial charge in [0.05, 0.1) is 15.2 Å². The third kappa shape index (κ3) is 4.57. The van der Waals surface area contributed by atoms with E-state index in [1.165, 1.54) is 23.9 Å². The molecule has 1 N–H and O–H groups in total. The number of piperidine rings is 1. The number of anilines is 1. The summed E-state index contributed by atoms with van der Waals surface area (Å²) in [5.74, 6) is 0.273. The van der Waals surface area contributed by atoms with Crippen LogP contribution >= 0.6 is 0 Å². The summed E-state index contributed by atoms with van der Waals surface area (Å²) in [6.07, 6.45) is 3.48. The molecule has 9 nitrogen and oxygen atoms in total. The Hall–Kier alpha value is -3.76. The molecular formula is C26H27N5O4S. The predicted octanol–water partition coefficient (Wildman–Crippen LogP) is 4.50. The van der Waals surface area contributed by atoms with Crippen LogP contribution in [0.25, 0.3) is 11.0 Å². The maximum atomic E-state index is 13.3. The number of aromatic nitrogens is 2. The van der Waals surface area contributed by atoms with Crippen LogP contribution in [0.5, 0.6) is 0 Å². The van der Waals surface area contributed by atoms with Crippen molar-refractivity contribution in [3.05, 3.63) is 94.8 Å². The van der Waals surface area contributed by atoms with Gasteiger partial charge in [0.1, 0.15) is 11.9 Å². The lowest BCUT2D eigenvalue weighted by Crippen LogP contribution is -2.46. The fourth-order valence-electron chi connectivity index (χ4n) is 4.74. The minimum absolute atomic E-state index is 0.0548. The lowest BCUT2D eigenvalue weighted by atomic mass is 9.92. The van der Waals surface area contributed by atoms with E-state index in [1.807, 2.05) is 18.2 Å². The number of benzene rings is 2. The van der Waals surface area contributed by atoms with E-state index < -0.39 is 14.9 Å². The van der Waals surface area contributed by atoms with Crippen molar-refractivity contribution in [1.29, 1.82) is 0 Å². The summed E-state index contributed by atoms with van der Waals surface area (Å²) < 4.78 is 27.6. The van der Waals surface area contributed by atoms with Crippen molar-refractivity contribution in [3.63, 3.8) is 0 Å². The number of nitrogens with one attached hydrogen (secondary N) is 1. The second-order valence-electron chi connectivity index (χ2n) is 9.18. The van der Waals surface area contributed by atoms with E-state index in [-0.39, 0.29) is 28.2 Å². The summed E-state index contributed by atoms with van der Waals surface area (Å²) in [4.78, 5) is 18.1. The molecule has 0 amide bonds. The van der Waals surface area contributed by atoms with E-state index in [4.69, 9.17) is 0 Å². The SMILES string of the molecule is C[C@@H]1CCN(Cc2ccccc2)C[C@@H]1Nc1c([N+](=O)[O-])cnc2c1ccn2S(=O)(=O)c1ccccc1. The molecule has 10 heteroatoms. The number of hydrogen-bond donors (Lipinski definition) is 1. The molecule has 0 unspecified atom stereocenters. The van der Waals surface area contributed by atoms with E-state index in [9.17, 15) is 18.5 Å². The molecule has 5 rings (SSSR count). The minimum Gasteiger partial charge on any atom is -0.375 e. The molecule has 2 aromatic carbocycles. The van der Waals surface area contributed by atoms with Crippen LogP contribution in [-0.4, -0.2) is 46.3 Å². The normalized spacial score (nSPS) is 18.8. The highest BCUT2D eigenvalue weighted by molar-refractivity contribution is 7.90. The van der Waals surface area contributed by atoms with Gasteiger partial charge in [-0.3, -0.25) is 15.0 Å². The molecule has 0 radical (unpaired) electrons. The van der Waals surface area contributed by atoms with Gasteiger partial charge in [-0.1, -0.05) is 55.5 Å². The van der Waals surface area contributed by atoms with Crippen LogP contribution in [0.3, 0.4) is 0 Å². The molecule has 1 fully saturated rings. The molecule has 1 aliphatic rings. The van der Waals surface area contributed by atoms with Crippen molar-refractivity contribution < 1.29 is 13.3 Å². The fourth-order valence-corrected chi connectivity index (χ4v) is 6.06. The van der Waals surface area contributed by atoms with Crippen LogP contribution in [-0.2, 0) is 16.6 Å². The monoisotopic (exact) mass is 505 g/mol. The van der Waals surface area contributed by atoms with Gasteiger partial charge in [-0.25, -0.2) is 17.4 Å². The number of rotatable bonds is 7. The van der Waals surface area contributed by atoms with Gasteiger partial charge in [-0.2, -0.15) is 0 Å². The molecule has 2 atom stereocenters. The highest BCUT2D eigenvalue weighted by Gasteiger charge is 2.31. The maximum Gasteiger partial charge on any atom is 0.311 e. The summed E-state index contributed by atoms with van der Waals surface area (Å²) >= 11 is 0. The lowest BCUT2D eigenvalue weighted by molar-refractivity contribution is -0.384. The average molecular weight is 506 g/mol. The van der Waals surface area contributed by atoms with Gasteiger partial charge in [0.2, 0.25) is 0 Å². The topological polar surface area (TPSA) is 110 Å². The fraction of sp³-hybridized carbons (Fsp3) is 0.269. The van der Waals surface area contributed by atoms with Gasteiger partial charge in [0.15, 0.2) is 5.65 Å². The van der Waals surface area contributed by atoms with Gasteiger partial charge < -0.3 is 5.32 Å². The average Bonchev–Trinajstić information content (AvgIpc) is 3.33. The van der Waals surface area contributed by atoms with E-state index in [1.54, 1.807) is 24.3 Å². The lowest BCUT2D eigenvalue weighted by Gasteiger charge is -2.38. The van der Waals surface area contributed by atoms with Gasteiger partial charge in [0.25, 0.3) is 10.0 Å². The number of nitrogens with zero attached hydrogens (tertiary/aromatic N) is 4. The first-order chi connectivity index (χ1) is 17.3. The van der Waals surface area contributed by atoms with Crippen molar-refractivity contribution in [2.75, 3.05) is 18.4 Å². The molecule has 0 bridgehead atoms. The van der Waals surface area contributed by atoms with E-state index in [2.05, 4.69) is 34.3 Å². The standard InChI is InChI=1S/C26H27N5O4S/c1-19-12-14-29(17-20-8-4-2-5-9-20)18-23(19)28-25-22-13-15-30(26(22)27-16-24(25)31(32)33)36(34,35)21-10-6-3-7-11-21/h2-11,13,15-16,19,23H,12,14,17-18H2,1H3,(H,27,28)/t19-,23+/m1/s1. The Morgan fingerprint density at radius 2 is 1.78 bits per heavy atom. The van der Waals surface area contributed by atoms with Crippen LogP contribution in [0, 0.1) is 16.0 Å². The molecule has 36 heavy (non-hydrogen) atoms. The van der Waals surface area contributed by atoms with Crippen molar-refractivity contribution in [2.45, 2.75) is 30.8 Å². The smallest absolute Gasteiger partial charge is 0.311 e. The zero-order chi connectivity index (χ0) is 25.3. The Bertz CT molecular complexity index is 1490. The summed E-state index contributed by atoms with van der Waals surface area (Å²) in [5.41, 5.74) is 1.48. The quantitative estimate of drug-likeness (QED) is 0.291. The third-order valence-electron chi connectivity index (χ3n) is 6.78. The Balaban J connectivity index is 1.50. The van der Waals surface area contributed by atoms with Crippen LogP contribution in [0.1, 0.15) is 18.9 Å². The molecule has 0 saturated carbocycles. The van der Waals surface area contributed by atoms with E-state index in [0.717, 1.165) is 29.7 Å². The van der Waals surface area contributed by atoms with Gasteiger partial charge in [-0.05, 0) is 42.6 Å². The molecule has 0 spiro atoms. The van der Waals surface area contributed by atoms with Crippen LogP contribution in [0.15, 0.2) is 84.0 Å². The second kappa shape index (κ2) is 9.71. The molecular weight excluding hydrogens is 478 g/mol. The van der Waals surface area contributed by atoms with Crippen molar-refractivity contribution in [2.24, 2.45) is 5.92 Å². The first-order valence-corrected chi connectivity index (χ1v) is 13.3. The van der Waals surface area contributed by atoms with Gasteiger partial charge in [0, 0.05) is 25.3 Å². The number of hydrogen-bond acceptors (Lipinski definition) is 7. The predicted molar refractivity (Wildman–Crippen MR) is 138 cm³/mol. The largest absolute Gasteiger partial charge is 0.375 e. The Kier molecular flexibility index (Phi) is 6.46. The zero-order valence-corrected chi connectivity index (χ0v) is 20.6. The number of nitro groups is 1. The Morgan fingerprint density at radius 1 is 1.08 bits per heavy atom.